The quantitative estimate of drug-likeness (QED) is 0.681. The van der Waals surface area contributed by atoms with Gasteiger partial charge in [0.2, 0.25) is 5.91 Å². The van der Waals surface area contributed by atoms with E-state index in [-0.39, 0.29) is 11.9 Å². The zero-order valence-corrected chi connectivity index (χ0v) is 13.1. The average Bonchev–Trinajstić information content (AvgIpc) is 3.28. The van der Waals surface area contributed by atoms with Crippen molar-refractivity contribution in [3.63, 3.8) is 0 Å². The van der Waals surface area contributed by atoms with Gasteiger partial charge in [0.05, 0.1) is 6.04 Å². The fraction of sp³-hybridized carbons (Fsp3) is 0.588. The molecule has 0 aromatic heterocycles. The number of hydrogen-bond acceptors (Lipinski definition) is 3. The van der Waals surface area contributed by atoms with Gasteiger partial charge >= 0.3 is 0 Å². The van der Waals surface area contributed by atoms with Crippen LogP contribution < -0.4 is 10.6 Å². The van der Waals surface area contributed by atoms with E-state index in [1.165, 1.54) is 5.56 Å². The molecule has 116 valence electrons. The summed E-state index contributed by atoms with van der Waals surface area (Å²) in [5, 5.41) is 6.32. The Morgan fingerprint density at radius 2 is 2.05 bits per heavy atom. The van der Waals surface area contributed by atoms with Crippen LogP contribution in [0.25, 0.3) is 0 Å². The first-order valence-corrected chi connectivity index (χ1v) is 7.91. The van der Waals surface area contributed by atoms with Crippen LogP contribution in [0.4, 0.5) is 0 Å². The predicted molar refractivity (Wildman–Crippen MR) is 86.0 cm³/mol. The highest BCUT2D eigenvalue weighted by atomic mass is 16.2. The number of benzene rings is 1. The highest BCUT2D eigenvalue weighted by molar-refractivity contribution is 5.81. The van der Waals surface area contributed by atoms with Crippen molar-refractivity contribution in [3.8, 4) is 0 Å². The maximum absolute atomic E-state index is 11.8. The summed E-state index contributed by atoms with van der Waals surface area (Å²) in [6, 6.07) is 10.8. The number of carbonyl (C=O) groups is 1. The molecular formula is C17H27N3O. The van der Waals surface area contributed by atoms with Gasteiger partial charge in [-0.15, -0.1) is 0 Å². The molecule has 1 aromatic carbocycles. The molecule has 0 saturated heterocycles. The summed E-state index contributed by atoms with van der Waals surface area (Å²) in [5.41, 5.74) is 1.34. The van der Waals surface area contributed by atoms with Crippen molar-refractivity contribution in [1.29, 1.82) is 0 Å². The zero-order chi connectivity index (χ0) is 15.1. The van der Waals surface area contributed by atoms with Crippen molar-refractivity contribution in [3.05, 3.63) is 35.9 Å². The zero-order valence-electron chi connectivity index (χ0n) is 13.1. The molecule has 1 aromatic rings. The first-order chi connectivity index (χ1) is 10.1. The molecule has 0 radical (unpaired) electrons. The van der Waals surface area contributed by atoms with E-state index in [0.29, 0.717) is 6.04 Å². The maximum Gasteiger partial charge on any atom is 0.237 e. The topological polar surface area (TPSA) is 44.4 Å². The van der Waals surface area contributed by atoms with Crippen LogP contribution >= 0.6 is 0 Å². The van der Waals surface area contributed by atoms with Gasteiger partial charge in [-0.05, 0) is 51.9 Å². The Balaban J connectivity index is 1.55. The summed E-state index contributed by atoms with van der Waals surface area (Å²) in [5.74, 6) is 0.134. The third kappa shape index (κ3) is 6.27. The third-order valence-electron chi connectivity index (χ3n) is 3.78. The van der Waals surface area contributed by atoms with Gasteiger partial charge in [0, 0.05) is 12.6 Å². The lowest BCUT2D eigenvalue weighted by Crippen LogP contribution is -2.43. The van der Waals surface area contributed by atoms with E-state index in [4.69, 9.17) is 0 Å². The van der Waals surface area contributed by atoms with E-state index < -0.39 is 0 Å². The van der Waals surface area contributed by atoms with Gasteiger partial charge in [0.25, 0.3) is 0 Å². The molecule has 0 aliphatic heterocycles. The predicted octanol–water partition coefficient (Wildman–Crippen LogP) is 1.77. The molecule has 1 amide bonds. The number of carbonyl (C=O) groups excluding carboxylic acids is 1. The monoisotopic (exact) mass is 289 g/mol. The molecule has 2 rings (SSSR count). The molecule has 1 aliphatic rings. The van der Waals surface area contributed by atoms with Crippen molar-refractivity contribution in [2.75, 3.05) is 20.1 Å². The second-order valence-electron chi connectivity index (χ2n) is 6.04. The molecule has 21 heavy (non-hydrogen) atoms. The van der Waals surface area contributed by atoms with E-state index in [0.717, 1.165) is 38.9 Å². The summed E-state index contributed by atoms with van der Waals surface area (Å²) < 4.78 is 0. The van der Waals surface area contributed by atoms with Gasteiger partial charge in [-0.1, -0.05) is 30.3 Å². The highest BCUT2D eigenvalue weighted by Gasteiger charge is 2.25. The largest absolute Gasteiger partial charge is 0.352 e. The minimum atomic E-state index is -0.0926. The summed E-state index contributed by atoms with van der Waals surface area (Å²) >= 11 is 0. The number of nitrogens with one attached hydrogen (secondary N) is 2. The van der Waals surface area contributed by atoms with Crippen molar-refractivity contribution >= 4 is 5.91 Å². The van der Waals surface area contributed by atoms with Gasteiger partial charge in [-0.3, -0.25) is 4.79 Å². The molecule has 1 saturated carbocycles. The Morgan fingerprint density at radius 3 is 2.71 bits per heavy atom. The molecule has 0 bridgehead atoms. The van der Waals surface area contributed by atoms with Crippen molar-refractivity contribution < 1.29 is 4.79 Å². The molecule has 1 aliphatic carbocycles. The van der Waals surface area contributed by atoms with E-state index in [1.807, 2.05) is 13.0 Å². The Bertz CT molecular complexity index is 431. The third-order valence-corrected chi connectivity index (χ3v) is 3.78. The van der Waals surface area contributed by atoms with Crippen LogP contribution in [-0.4, -0.2) is 43.0 Å². The molecule has 1 fully saturated rings. The fourth-order valence-corrected chi connectivity index (χ4v) is 2.29. The Hall–Kier alpha value is -1.39. The summed E-state index contributed by atoms with van der Waals surface area (Å²) in [7, 11) is 2.14. The molecule has 4 nitrogen and oxygen atoms in total. The Morgan fingerprint density at radius 1 is 1.33 bits per heavy atom. The van der Waals surface area contributed by atoms with E-state index in [1.54, 1.807) is 0 Å². The first-order valence-electron chi connectivity index (χ1n) is 7.91. The average molecular weight is 289 g/mol. The van der Waals surface area contributed by atoms with Crippen molar-refractivity contribution in [2.24, 2.45) is 0 Å². The number of amides is 1. The summed E-state index contributed by atoms with van der Waals surface area (Å²) in [6.07, 6.45) is 3.33. The fourth-order valence-electron chi connectivity index (χ4n) is 2.29. The van der Waals surface area contributed by atoms with Gasteiger partial charge in [0.15, 0.2) is 0 Å². The second kappa shape index (κ2) is 8.15. The van der Waals surface area contributed by atoms with Crippen LogP contribution in [0.1, 0.15) is 31.7 Å². The van der Waals surface area contributed by atoms with Gasteiger partial charge in [-0.25, -0.2) is 0 Å². The molecule has 1 unspecified atom stereocenters. The lowest BCUT2D eigenvalue weighted by Gasteiger charge is -2.18. The van der Waals surface area contributed by atoms with E-state index in [2.05, 4.69) is 46.8 Å². The first kappa shape index (κ1) is 16.0. The van der Waals surface area contributed by atoms with Crippen LogP contribution in [0.5, 0.6) is 0 Å². The number of hydrogen-bond donors (Lipinski definition) is 2. The standard InChI is InChI=1S/C17H27N3O/c1-14(17(21)19-16-9-10-16)18-11-6-12-20(2)13-15-7-4-3-5-8-15/h3-5,7-8,14,16,18H,6,9-13H2,1-2H3,(H,19,21). The highest BCUT2D eigenvalue weighted by Crippen LogP contribution is 2.18. The Labute approximate surface area is 127 Å². The number of nitrogens with zero attached hydrogens (tertiary/aromatic N) is 1. The normalized spacial score (nSPS) is 16.0. The van der Waals surface area contributed by atoms with Crippen LogP contribution in [-0.2, 0) is 11.3 Å². The molecule has 4 heteroatoms. The van der Waals surface area contributed by atoms with Crippen LogP contribution in [0.15, 0.2) is 30.3 Å². The Kier molecular flexibility index (Phi) is 6.21. The lowest BCUT2D eigenvalue weighted by atomic mass is 10.2. The van der Waals surface area contributed by atoms with E-state index >= 15 is 0 Å². The molecule has 0 spiro atoms. The van der Waals surface area contributed by atoms with E-state index in [9.17, 15) is 4.79 Å². The summed E-state index contributed by atoms with van der Waals surface area (Å²) in [6.45, 7) is 4.81. The molecule has 0 heterocycles. The minimum Gasteiger partial charge on any atom is -0.352 e. The number of rotatable bonds is 9. The molecular weight excluding hydrogens is 262 g/mol. The van der Waals surface area contributed by atoms with Crippen molar-refractivity contribution in [2.45, 2.75) is 44.8 Å². The molecule has 2 N–H and O–H groups in total. The maximum atomic E-state index is 11.8. The van der Waals surface area contributed by atoms with Crippen molar-refractivity contribution in [1.82, 2.24) is 15.5 Å². The minimum absolute atomic E-state index is 0.0926. The second-order valence-corrected chi connectivity index (χ2v) is 6.04. The SMILES string of the molecule is CC(NCCCN(C)Cc1ccccc1)C(=O)NC1CC1. The lowest BCUT2D eigenvalue weighted by molar-refractivity contribution is -0.122. The van der Waals surface area contributed by atoms with Gasteiger partial charge < -0.3 is 15.5 Å². The van der Waals surface area contributed by atoms with Gasteiger partial charge in [0.1, 0.15) is 0 Å². The van der Waals surface area contributed by atoms with Crippen LogP contribution in [0.3, 0.4) is 0 Å². The smallest absolute Gasteiger partial charge is 0.237 e. The van der Waals surface area contributed by atoms with Crippen LogP contribution in [0, 0.1) is 0 Å². The summed E-state index contributed by atoms with van der Waals surface area (Å²) in [4.78, 5) is 14.1. The molecule has 1 atom stereocenters. The van der Waals surface area contributed by atoms with Gasteiger partial charge in [-0.2, -0.15) is 0 Å². The van der Waals surface area contributed by atoms with Crippen LogP contribution in [0.2, 0.25) is 0 Å².